The molecule has 1 amide bonds. The third-order valence-corrected chi connectivity index (χ3v) is 2.56. The number of likely N-dealkylation sites (tertiary alicyclic amines) is 1. The largest absolute Gasteiger partial charge is 0.444 e. The van der Waals surface area contributed by atoms with E-state index in [9.17, 15) is 9.18 Å². The van der Waals surface area contributed by atoms with Crippen LogP contribution in [0.2, 0.25) is 0 Å². The van der Waals surface area contributed by atoms with E-state index < -0.39 is 17.9 Å². The number of hydrogen-bond acceptors (Lipinski definition) is 3. The zero-order valence-corrected chi connectivity index (χ0v) is 10.1. The van der Waals surface area contributed by atoms with E-state index in [0.717, 1.165) is 0 Å². The maximum atomic E-state index is 13.5. The van der Waals surface area contributed by atoms with Gasteiger partial charge in [-0.15, -0.1) is 0 Å². The highest BCUT2D eigenvalue weighted by atomic mass is 19.1. The molecule has 94 valence electrons. The van der Waals surface area contributed by atoms with Crippen LogP contribution in [-0.2, 0) is 4.74 Å². The van der Waals surface area contributed by atoms with E-state index >= 15 is 0 Å². The van der Waals surface area contributed by atoms with Crippen LogP contribution in [0.3, 0.4) is 0 Å². The summed E-state index contributed by atoms with van der Waals surface area (Å²) >= 11 is 0. The van der Waals surface area contributed by atoms with Gasteiger partial charge in [-0.25, -0.2) is 9.18 Å². The lowest BCUT2D eigenvalue weighted by Gasteiger charge is -2.34. The Morgan fingerprint density at radius 2 is 2.19 bits per heavy atom. The molecule has 2 atom stereocenters. The van der Waals surface area contributed by atoms with Gasteiger partial charge >= 0.3 is 6.09 Å². The minimum absolute atomic E-state index is 0.0140. The van der Waals surface area contributed by atoms with E-state index in [1.165, 1.54) is 4.90 Å². The van der Waals surface area contributed by atoms with Crippen molar-refractivity contribution < 1.29 is 19.0 Å². The van der Waals surface area contributed by atoms with Crippen LogP contribution in [0.1, 0.15) is 27.2 Å². The van der Waals surface area contributed by atoms with E-state index in [2.05, 4.69) is 0 Å². The molecule has 1 rings (SSSR count). The third-order valence-electron chi connectivity index (χ3n) is 2.56. The second kappa shape index (κ2) is 4.99. The topological polar surface area (TPSA) is 49.8 Å². The summed E-state index contributed by atoms with van der Waals surface area (Å²) in [6.07, 6.45) is -1.16. The smallest absolute Gasteiger partial charge is 0.410 e. The first-order chi connectivity index (χ1) is 7.33. The second-order valence-electron chi connectivity index (χ2n) is 5.17. The van der Waals surface area contributed by atoms with E-state index in [1.807, 2.05) is 0 Å². The number of alkyl halides is 1. The van der Waals surface area contributed by atoms with Gasteiger partial charge in [-0.2, -0.15) is 0 Å². The van der Waals surface area contributed by atoms with Crippen molar-refractivity contribution in [2.45, 2.75) is 39.0 Å². The van der Waals surface area contributed by atoms with Crippen molar-refractivity contribution in [3.05, 3.63) is 0 Å². The van der Waals surface area contributed by atoms with E-state index in [-0.39, 0.29) is 19.1 Å². The van der Waals surface area contributed by atoms with Gasteiger partial charge in [0.15, 0.2) is 0 Å². The maximum absolute atomic E-state index is 13.5. The summed E-state index contributed by atoms with van der Waals surface area (Å²) in [5.74, 6) is -0.348. The molecule has 1 aliphatic heterocycles. The number of carbonyl (C=O) groups excluding carboxylic acids is 1. The normalized spacial score (nSPS) is 26.7. The van der Waals surface area contributed by atoms with Crippen molar-refractivity contribution in [2.75, 3.05) is 19.7 Å². The fourth-order valence-corrected chi connectivity index (χ4v) is 1.65. The summed E-state index contributed by atoms with van der Waals surface area (Å²) in [4.78, 5) is 13.0. The van der Waals surface area contributed by atoms with Crippen molar-refractivity contribution in [3.8, 4) is 0 Å². The summed E-state index contributed by atoms with van der Waals surface area (Å²) < 4.78 is 18.6. The monoisotopic (exact) mass is 233 g/mol. The molecule has 1 fully saturated rings. The Labute approximate surface area is 95.4 Å². The average molecular weight is 233 g/mol. The highest BCUT2D eigenvalue weighted by molar-refractivity contribution is 5.68. The number of aliphatic hydroxyl groups is 1. The molecule has 0 aromatic carbocycles. The molecule has 0 aliphatic carbocycles. The standard InChI is InChI=1S/C11H20FNO3/c1-11(2,3)16-10(15)13-5-4-8(7-14)9(12)6-13/h8-9,14H,4-7H2,1-3H3/t8?,9-/m0/s1. The zero-order chi connectivity index (χ0) is 12.3. The molecule has 5 heteroatoms. The number of piperidine rings is 1. The Bertz CT molecular complexity index is 252. The molecule has 1 unspecified atom stereocenters. The predicted octanol–water partition coefficient (Wildman–Crippen LogP) is 1.57. The van der Waals surface area contributed by atoms with Crippen LogP contribution >= 0.6 is 0 Å². The SMILES string of the molecule is CC(C)(C)OC(=O)N1CCC(CO)[C@@H](F)C1. The molecular formula is C11H20FNO3. The predicted molar refractivity (Wildman–Crippen MR) is 57.9 cm³/mol. The summed E-state index contributed by atoms with van der Waals surface area (Å²) in [7, 11) is 0. The first kappa shape index (κ1) is 13.2. The van der Waals surface area contributed by atoms with E-state index in [1.54, 1.807) is 20.8 Å². The van der Waals surface area contributed by atoms with Gasteiger partial charge in [0.05, 0.1) is 6.54 Å². The van der Waals surface area contributed by atoms with Crippen LogP contribution in [0.4, 0.5) is 9.18 Å². The van der Waals surface area contributed by atoms with Gasteiger partial charge in [-0.1, -0.05) is 0 Å². The number of ether oxygens (including phenoxy) is 1. The molecule has 0 aromatic heterocycles. The summed E-state index contributed by atoms with van der Waals surface area (Å²) in [6.45, 7) is 5.62. The van der Waals surface area contributed by atoms with Gasteiger partial charge in [-0.05, 0) is 27.2 Å². The molecule has 0 bridgehead atoms. The van der Waals surface area contributed by atoms with Crippen molar-refractivity contribution >= 4 is 6.09 Å². The number of hydrogen-bond donors (Lipinski definition) is 1. The molecule has 1 saturated heterocycles. The molecular weight excluding hydrogens is 213 g/mol. The van der Waals surface area contributed by atoms with Crippen LogP contribution in [-0.4, -0.2) is 47.6 Å². The van der Waals surface area contributed by atoms with Crippen LogP contribution < -0.4 is 0 Å². The van der Waals surface area contributed by atoms with Gasteiger partial charge in [0.25, 0.3) is 0 Å². The van der Waals surface area contributed by atoms with E-state index in [0.29, 0.717) is 13.0 Å². The van der Waals surface area contributed by atoms with Crippen molar-refractivity contribution in [1.29, 1.82) is 0 Å². The van der Waals surface area contributed by atoms with Gasteiger partial charge < -0.3 is 14.7 Å². The third kappa shape index (κ3) is 3.63. The molecule has 4 nitrogen and oxygen atoms in total. The molecule has 1 N–H and O–H groups in total. The lowest BCUT2D eigenvalue weighted by atomic mass is 9.96. The van der Waals surface area contributed by atoms with Gasteiger partial charge in [0.1, 0.15) is 11.8 Å². The highest BCUT2D eigenvalue weighted by Crippen LogP contribution is 2.21. The lowest BCUT2D eigenvalue weighted by Crippen LogP contribution is -2.47. The van der Waals surface area contributed by atoms with Crippen LogP contribution in [0, 0.1) is 5.92 Å². The quantitative estimate of drug-likeness (QED) is 0.748. The summed E-state index contributed by atoms with van der Waals surface area (Å²) in [6, 6.07) is 0. The summed E-state index contributed by atoms with van der Waals surface area (Å²) in [5, 5.41) is 8.90. The van der Waals surface area contributed by atoms with Crippen molar-refractivity contribution in [2.24, 2.45) is 5.92 Å². The zero-order valence-electron chi connectivity index (χ0n) is 10.1. The van der Waals surface area contributed by atoms with Crippen LogP contribution in [0.25, 0.3) is 0 Å². The molecule has 0 aromatic rings. The number of halogens is 1. The van der Waals surface area contributed by atoms with Gasteiger partial charge in [-0.3, -0.25) is 0 Å². The molecule has 0 radical (unpaired) electrons. The molecule has 1 heterocycles. The molecule has 16 heavy (non-hydrogen) atoms. The Hall–Kier alpha value is -0.840. The number of amides is 1. The number of nitrogens with zero attached hydrogens (tertiary/aromatic N) is 1. The first-order valence-corrected chi connectivity index (χ1v) is 5.56. The first-order valence-electron chi connectivity index (χ1n) is 5.56. The lowest BCUT2D eigenvalue weighted by molar-refractivity contribution is -0.00115. The molecule has 0 spiro atoms. The highest BCUT2D eigenvalue weighted by Gasteiger charge is 2.32. The second-order valence-corrected chi connectivity index (χ2v) is 5.17. The van der Waals surface area contributed by atoms with Gasteiger partial charge in [0, 0.05) is 19.1 Å². The Balaban J connectivity index is 2.48. The number of carbonyl (C=O) groups is 1. The van der Waals surface area contributed by atoms with Gasteiger partial charge in [0.2, 0.25) is 0 Å². The maximum Gasteiger partial charge on any atom is 0.410 e. The van der Waals surface area contributed by atoms with Crippen LogP contribution in [0.5, 0.6) is 0 Å². The summed E-state index contributed by atoms with van der Waals surface area (Å²) in [5.41, 5.74) is -0.559. The Kier molecular flexibility index (Phi) is 4.13. The minimum atomic E-state index is -1.16. The number of rotatable bonds is 1. The fourth-order valence-electron chi connectivity index (χ4n) is 1.65. The average Bonchev–Trinajstić information content (AvgIpc) is 2.15. The Morgan fingerprint density at radius 3 is 2.62 bits per heavy atom. The van der Waals surface area contributed by atoms with E-state index in [4.69, 9.17) is 9.84 Å². The van der Waals surface area contributed by atoms with Crippen molar-refractivity contribution in [1.82, 2.24) is 4.90 Å². The van der Waals surface area contributed by atoms with Crippen molar-refractivity contribution in [3.63, 3.8) is 0 Å². The minimum Gasteiger partial charge on any atom is -0.444 e. The number of aliphatic hydroxyl groups excluding tert-OH is 1. The fraction of sp³-hybridized carbons (Fsp3) is 0.909. The van der Waals surface area contributed by atoms with Crippen LogP contribution in [0.15, 0.2) is 0 Å². The Morgan fingerprint density at radius 1 is 1.56 bits per heavy atom. The molecule has 1 aliphatic rings. The molecule has 0 saturated carbocycles.